The van der Waals surface area contributed by atoms with Crippen molar-refractivity contribution in [1.82, 2.24) is 15.0 Å². The van der Waals surface area contributed by atoms with Gasteiger partial charge in [0.15, 0.2) is 17.5 Å². The topological polar surface area (TPSA) is 38.7 Å². The van der Waals surface area contributed by atoms with Gasteiger partial charge in [-0.1, -0.05) is 158 Å². The fourth-order valence-electron chi connectivity index (χ4n) is 7.98. The molecule has 0 aliphatic rings. The van der Waals surface area contributed by atoms with Crippen LogP contribution < -0.4 is 0 Å². The van der Waals surface area contributed by atoms with Gasteiger partial charge in [0.05, 0.1) is 0 Å². The molecule has 0 atom stereocenters. The summed E-state index contributed by atoms with van der Waals surface area (Å²) < 4.78 is 2.43. The first-order valence-electron chi connectivity index (χ1n) is 18.5. The average molecular weight is 718 g/mol. The van der Waals surface area contributed by atoms with Crippen LogP contribution in [-0.2, 0) is 0 Å². The Morgan fingerprint density at radius 2 is 0.873 bits per heavy atom. The molecule has 0 amide bonds. The molecule has 55 heavy (non-hydrogen) atoms. The molecule has 256 valence electrons. The number of hydrogen-bond donors (Lipinski definition) is 0. The van der Waals surface area contributed by atoms with Gasteiger partial charge in [0.1, 0.15) is 0 Å². The van der Waals surface area contributed by atoms with Crippen molar-refractivity contribution in [2.75, 3.05) is 0 Å². The number of benzene rings is 9. The second-order valence-electron chi connectivity index (χ2n) is 14.0. The molecule has 2 aromatic heterocycles. The maximum atomic E-state index is 5.22. The molecule has 11 aromatic rings. The molecule has 0 aliphatic heterocycles. The lowest BCUT2D eigenvalue weighted by Crippen LogP contribution is -2.00. The lowest BCUT2D eigenvalue weighted by molar-refractivity contribution is 1.08. The molecular weight excluding hydrogens is 687 g/mol. The van der Waals surface area contributed by atoms with Crippen LogP contribution in [0.3, 0.4) is 0 Å². The van der Waals surface area contributed by atoms with Crippen molar-refractivity contribution in [2.24, 2.45) is 0 Å². The molecule has 0 bridgehead atoms. The fraction of sp³-hybridized carbons (Fsp3) is 0. The standard InChI is InChI=1S/C51H31N3S/c1-2-12-35-29-37(28-23-32(35)11-1)36-14-9-15-39(30-36)50-52-49(53-51(54-50)45-21-10-20-44-43-19-7-8-22-47(43)55-48(44)45)34-26-24-33(25-27-34)46-31-38-13-3-4-16-40(38)41-17-5-6-18-42(41)46/h1-31H. The Labute approximate surface area is 321 Å². The van der Waals surface area contributed by atoms with Gasteiger partial charge in [0, 0.05) is 36.9 Å². The highest BCUT2D eigenvalue weighted by Gasteiger charge is 2.18. The predicted molar refractivity (Wildman–Crippen MR) is 232 cm³/mol. The Morgan fingerprint density at radius 1 is 0.291 bits per heavy atom. The highest BCUT2D eigenvalue weighted by atomic mass is 32.1. The van der Waals surface area contributed by atoms with E-state index in [9.17, 15) is 0 Å². The number of hydrogen-bond acceptors (Lipinski definition) is 4. The molecule has 3 nitrogen and oxygen atoms in total. The van der Waals surface area contributed by atoms with Crippen molar-refractivity contribution >= 4 is 63.8 Å². The minimum atomic E-state index is 0.643. The molecule has 9 aromatic carbocycles. The summed E-state index contributed by atoms with van der Waals surface area (Å²) in [7, 11) is 0. The van der Waals surface area contributed by atoms with Crippen LogP contribution in [0.15, 0.2) is 188 Å². The smallest absolute Gasteiger partial charge is 0.165 e. The van der Waals surface area contributed by atoms with Crippen LogP contribution in [0, 0.1) is 0 Å². The van der Waals surface area contributed by atoms with Crippen LogP contribution in [0.5, 0.6) is 0 Å². The summed E-state index contributed by atoms with van der Waals surface area (Å²) >= 11 is 1.79. The van der Waals surface area contributed by atoms with Gasteiger partial charge in [-0.05, 0) is 84.9 Å². The van der Waals surface area contributed by atoms with E-state index in [4.69, 9.17) is 15.0 Å². The van der Waals surface area contributed by atoms with E-state index in [1.165, 1.54) is 58.1 Å². The SMILES string of the molecule is c1cc(-c2ccc3ccccc3c2)cc(-c2nc(-c3ccc(-c4cc5ccccc5c5ccccc45)cc3)nc(-c3cccc4c3sc3ccccc34)n2)c1. The molecule has 0 aliphatic carbocycles. The molecule has 0 fully saturated rings. The third-order valence-electron chi connectivity index (χ3n) is 10.7. The van der Waals surface area contributed by atoms with Crippen LogP contribution in [0.4, 0.5) is 0 Å². The van der Waals surface area contributed by atoms with E-state index in [1.54, 1.807) is 11.3 Å². The third kappa shape index (κ3) is 5.46. The Balaban J connectivity index is 1.07. The van der Waals surface area contributed by atoms with Gasteiger partial charge in [-0.25, -0.2) is 15.0 Å². The molecular formula is C51H31N3S. The first-order chi connectivity index (χ1) is 27.2. The second kappa shape index (κ2) is 12.8. The molecule has 0 saturated carbocycles. The van der Waals surface area contributed by atoms with Crippen molar-refractivity contribution in [3.63, 3.8) is 0 Å². The number of fused-ring (bicyclic) bond motifs is 7. The largest absolute Gasteiger partial charge is 0.208 e. The van der Waals surface area contributed by atoms with Crippen molar-refractivity contribution in [1.29, 1.82) is 0 Å². The summed E-state index contributed by atoms with van der Waals surface area (Å²) in [6.45, 7) is 0. The van der Waals surface area contributed by atoms with Crippen LogP contribution in [0.25, 0.3) is 109 Å². The molecule has 0 spiro atoms. The van der Waals surface area contributed by atoms with Gasteiger partial charge in [-0.2, -0.15) is 0 Å². The van der Waals surface area contributed by atoms with Gasteiger partial charge >= 0.3 is 0 Å². The zero-order chi connectivity index (χ0) is 36.3. The second-order valence-corrected chi connectivity index (χ2v) is 15.0. The van der Waals surface area contributed by atoms with Gasteiger partial charge < -0.3 is 0 Å². The van der Waals surface area contributed by atoms with Crippen LogP contribution in [0.2, 0.25) is 0 Å². The van der Waals surface area contributed by atoms with Crippen LogP contribution >= 0.6 is 11.3 Å². The molecule has 2 heterocycles. The molecule has 0 saturated heterocycles. The Hall–Kier alpha value is -7.01. The zero-order valence-electron chi connectivity index (χ0n) is 29.6. The summed E-state index contributed by atoms with van der Waals surface area (Å²) in [5.74, 6) is 1.95. The predicted octanol–water partition coefficient (Wildman–Crippen LogP) is 14.0. The highest BCUT2D eigenvalue weighted by molar-refractivity contribution is 7.26. The molecule has 0 N–H and O–H groups in total. The third-order valence-corrected chi connectivity index (χ3v) is 11.9. The summed E-state index contributed by atoms with van der Waals surface area (Å²) in [6.07, 6.45) is 0. The maximum absolute atomic E-state index is 5.22. The van der Waals surface area contributed by atoms with Gasteiger partial charge in [-0.3, -0.25) is 0 Å². The Morgan fingerprint density at radius 3 is 1.73 bits per heavy atom. The monoisotopic (exact) mass is 717 g/mol. The Bertz CT molecular complexity index is 3270. The first kappa shape index (κ1) is 31.5. The fourth-order valence-corrected chi connectivity index (χ4v) is 9.19. The number of rotatable bonds is 5. The van der Waals surface area contributed by atoms with E-state index in [0.717, 1.165) is 33.4 Å². The summed E-state index contributed by atoms with van der Waals surface area (Å²) in [6, 6.07) is 67.0. The quantitative estimate of drug-likeness (QED) is 0.166. The van der Waals surface area contributed by atoms with Crippen molar-refractivity contribution < 1.29 is 0 Å². The maximum Gasteiger partial charge on any atom is 0.165 e. The summed E-state index contributed by atoms with van der Waals surface area (Å²) in [5.41, 5.74) is 7.52. The van der Waals surface area contributed by atoms with Crippen LogP contribution in [0.1, 0.15) is 0 Å². The number of aromatic nitrogens is 3. The normalized spacial score (nSPS) is 11.6. The number of nitrogens with zero attached hydrogens (tertiary/aromatic N) is 3. The summed E-state index contributed by atoms with van der Waals surface area (Å²) in [4.78, 5) is 15.6. The van der Waals surface area contributed by atoms with E-state index in [2.05, 4.69) is 188 Å². The summed E-state index contributed by atoms with van der Waals surface area (Å²) in [5, 5.41) is 9.89. The van der Waals surface area contributed by atoms with E-state index >= 15 is 0 Å². The highest BCUT2D eigenvalue weighted by Crippen LogP contribution is 2.40. The van der Waals surface area contributed by atoms with Crippen molar-refractivity contribution in [3.05, 3.63) is 188 Å². The lowest BCUT2D eigenvalue weighted by Gasteiger charge is -2.12. The van der Waals surface area contributed by atoms with Crippen LogP contribution in [-0.4, -0.2) is 15.0 Å². The Kier molecular flexibility index (Phi) is 7.35. The molecule has 0 radical (unpaired) electrons. The van der Waals surface area contributed by atoms with Gasteiger partial charge in [-0.15, -0.1) is 11.3 Å². The van der Waals surface area contributed by atoms with E-state index in [-0.39, 0.29) is 0 Å². The number of thiophene rings is 1. The minimum absolute atomic E-state index is 0.643. The molecule has 11 rings (SSSR count). The average Bonchev–Trinajstić information content (AvgIpc) is 3.65. The zero-order valence-corrected chi connectivity index (χ0v) is 30.5. The van der Waals surface area contributed by atoms with E-state index < -0.39 is 0 Å². The first-order valence-corrected chi connectivity index (χ1v) is 19.3. The van der Waals surface area contributed by atoms with E-state index in [0.29, 0.717) is 17.5 Å². The van der Waals surface area contributed by atoms with Crippen molar-refractivity contribution in [2.45, 2.75) is 0 Å². The van der Waals surface area contributed by atoms with Gasteiger partial charge in [0.2, 0.25) is 0 Å². The van der Waals surface area contributed by atoms with Gasteiger partial charge in [0.25, 0.3) is 0 Å². The minimum Gasteiger partial charge on any atom is -0.208 e. The van der Waals surface area contributed by atoms with Crippen molar-refractivity contribution in [3.8, 4) is 56.4 Å². The molecule has 0 unspecified atom stereocenters. The molecule has 4 heteroatoms. The lowest BCUT2D eigenvalue weighted by atomic mass is 9.93. The van der Waals surface area contributed by atoms with E-state index in [1.807, 2.05) is 0 Å².